The molecule has 0 bridgehead atoms. The van der Waals surface area contributed by atoms with Gasteiger partial charge in [0.2, 0.25) is 10.0 Å². The van der Waals surface area contributed by atoms with Crippen molar-refractivity contribution >= 4 is 15.9 Å². The molecule has 106 valence electrons. The molecule has 1 unspecified atom stereocenters. The summed E-state index contributed by atoms with van der Waals surface area (Å²) in [7, 11) is -1.81. The van der Waals surface area contributed by atoms with E-state index in [1.807, 2.05) is 0 Å². The van der Waals surface area contributed by atoms with Crippen LogP contribution in [0.5, 0.6) is 0 Å². The lowest BCUT2D eigenvalue weighted by Gasteiger charge is -2.20. The van der Waals surface area contributed by atoms with Crippen LogP contribution >= 0.6 is 0 Å². The zero-order valence-corrected chi connectivity index (χ0v) is 12.0. The summed E-state index contributed by atoms with van der Waals surface area (Å²) < 4.78 is 25.4. The summed E-state index contributed by atoms with van der Waals surface area (Å²) in [6, 6.07) is 3.60. The molecule has 1 aromatic rings. The summed E-state index contributed by atoms with van der Waals surface area (Å²) >= 11 is 0. The molecule has 0 spiro atoms. The molecule has 19 heavy (non-hydrogen) atoms. The molecule has 1 atom stereocenters. The second-order valence-corrected chi connectivity index (χ2v) is 6.75. The first-order chi connectivity index (χ1) is 8.83. The lowest BCUT2D eigenvalue weighted by Crippen LogP contribution is -2.37. The van der Waals surface area contributed by atoms with E-state index in [-0.39, 0.29) is 24.1 Å². The van der Waals surface area contributed by atoms with Gasteiger partial charge in [0.25, 0.3) is 0 Å². The number of nitrogens with one attached hydrogen (secondary N) is 1. The number of hydrogen-bond donors (Lipinski definition) is 2. The Labute approximate surface area is 114 Å². The Kier molecular flexibility index (Phi) is 5.44. The zero-order valence-electron chi connectivity index (χ0n) is 11.2. The average Bonchev–Trinajstić information content (AvgIpc) is 2.37. The third kappa shape index (κ3) is 4.96. The third-order valence-electron chi connectivity index (χ3n) is 2.93. The van der Waals surface area contributed by atoms with Gasteiger partial charge in [-0.05, 0) is 24.1 Å². The summed E-state index contributed by atoms with van der Waals surface area (Å²) in [6.07, 6.45) is 3.73. The maximum absolute atomic E-state index is 12.1. The molecule has 7 heteroatoms. The van der Waals surface area contributed by atoms with Gasteiger partial charge in [0.05, 0.1) is 11.6 Å². The monoisotopic (exact) mass is 284 g/mol. The summed E-state index contributed by atoms with van der Waals surface area (Å²) in [4.78, 5) is 3.89. The van der Waals surface area contributed by atoms with Crippen LogP contribution in [0.4, 0.5) is 0 Å². The number of rotatable bonds is 7. The van der Waals surface area contributed by atoms with Gasteiger partial charge >= 0.3 is 0 Å². The van der Waals surface area contributed by atoms with Crippen molar-refractivity contribution in [2.45, 2.75) is 13.3 Å². The minimum absolute atomic E-state index is 0.00353. The van der Waals surface area contributed by atoms with Crippen LogP contribution < -0.4 is 5.73 Å². The summed E-state index contributed by atoms with van der Waals surface area (Å²) in [5, 5.41) is 7.28. The van der Waals surface area contributed by atoms with Crippen molar-refractivity contribution in [3.63, 3.8) is 0 Å². The van der Waals surface area contributed by atoms with Crippen LogP contribution in [-0.2, 0) is 16.4 Å². The molecule has 1 heterocycles. The first kappa shape index (κ1) is 15.6. The van der Waals surface area contributed by atoms with Gasteiger partial charge in [0.15, 0.2) is 0 Å². The van der Waals surface area contributed by atoms with Gasteiger partial charge in [-0.1, -0.05) is 6.92 Å². The standard InChI is InChI=1S/C12H20N4O2S/c1-10(12(13)14)9-16(2)19(17,18)8-5-11-3-6-15-7-4-11/h3-4,6-7,10H,5,8-9H2,1-2H3,(H3,13,14). The summed E-state index contributed by atoms with van der Waals surface area (Å²) in [5.41, 5.74) is 6.28. The van der Waals surface area contributed by atoms with Crippen LogP contribution in [0.25, 0.3) is 0 Å². The molecule has 0 saturated carbocycles. The van der Waals surface area contributed by atoms with Crippen LogP contribution in [0.3, 0.4) is 0 Å². The maximum Gasteiger partial charge on any atom is 0.214 e. The highest BCUT2D eigenvalue weighted by Crippen LogP contribution is 2.07. The van der Waals surface area contributed by atoms with Gasteiger partial charge in [-0.2, -0.15) is 0 Å². The van der Waals surface area contributed by atoms with Gasteiger partial charge < -0.3 is 5.73 Å². The molecule has 0 radical (unpaired) electrons. The lowest BCUT2D eigenvalue weighted by molar-refractivity contribution is 0.443. The van der Waals surface area contributed by atoms with E-state index < -0.39 is 10.0 Å². The highest BCUT2D eigenvalue weighted by molar-refractivity contribution is 7.89. The molecule has 1 aromatic heterocycles. The van der Waals surface area contributed by atoms with Crippen LogP contribution in [0.15, 0.2) is 24.5 Å². The first-order valence-corrected chi connectivity index (χ1v) is 7.60. The Morgan fingerprint density at radius 2 is 2.05 bits per heavy atom. The third-order valence-corrected chi connectivity index (χ3v) is 4.75. The highest BCUT2D eigenvalue weighted by atomic mass is 32.2. The largest absolute Gasteiger partial charge is 0.387 e. The molecule has 1 rings (SSSR count). The fraction of sp³-hybridized carbons (Fsp3) is 0.500. The van der Waals surface area contributed by atoms with Crippen molar-refractivity contribution in [2.75, 3.05) is 19.3 Å². The van der Waals surface area contributed by atoms with Crippen LogP contribution in [-0.4, -0.2) is 42.9 Å². The molecule has 6 nitrogen and oxygen atoms in total. The van der Waals surface area contributed by atoms with Gasteiger partial charge in [-0.3, -0.25) is 10.4 Å². The molecule has 0 aliphatic carbocycles. The second kappa shape index (κ2) is 6.63. The molecule has 0 saturated heterocycles. The second-order valence-electron chi connectivity index (χ2n) is 4.56. The van der Waals surface area contributed by atoms with E-state index in [0.29, 0.717) is 6.42 Å². The Hall–Kier alpha value is -1.47. The quantitative estimate of drug-likeness (QED) is 0.561. The van der Waals surface area contributed by atoms with E-state index >= 15 is 0 Å². The van der Waals surface area contributed by atoms with E-state index in [2.05, 4.69) is 4.98 Å². The highest BCUT2D eigenvalue weighted by Gasteiger charge is 2.20. The predicted octanol–water partition coefficient (Wildman–Crippen LogP) is 0.458. The zero-order chi connectivity index (χ0) is 14.5. The SMILES string of the molecule is CC(CN(C)S(=O)(=O)CCc1ccncc1)C(=N)N. The summed E-state index contributed by atoms with van der Waals surface area (Å²) in [5.74, 6) is -0.241. The van der Waals surface area contributed by atoms with Gasteiger partial charge in [0.1, 0.15) is 0 Å². The molecule has 0 fully saturated rings. The van der Waals surface area contributed by atoms with E-state index in [1.165, 1.54) is 11.4 Å². The normalized spacial score (nSPS) is 13.4. The Balaban J connectivity index is 2.58. The number of hydrogen-bond acceptors (Lipinski definition) is 4. The molecule has 0 aliphatic rings. The molecule has 3 N–H and O–H groups in total. The van der Waals surface area contributed by atoms with E-state index in [0.717, 1.165) is 5.56 Å². The molecule has 0 amide bonds. The predicted molar refractivity (Wildman–Crippen MR) is 75.4 cm³/mol. The number of nitrogens with zero attached hydrogens (tertiary/aromatic N) is 2. The number of aryl methyl sites for hydroxylation is 1. The van der Waals surface area contributed by atoms with Gasteiger partial charge in [-0.15, -0.1) is 0 Å². The minimum Gasteiger partial charge on any atom is -0.387 e. The fourth-order valence-electron chi connectivity index (χ4n) is 1.55. The molecular weight excluding hydrogens is 264 g/mol. The van der Waals surface area contributed by atoms with Crippen LogP contribution in [0.1, 0.15) is 12.5 Å². The van der Waals surface area contributed by atoms with Crippen molar-refractivity contribution in [1.82, 2.24) is 9.29 Å². The van der Waals surface area contributed by atoms with Crippen molar-refractivity contribution in [3.05, 3.63) is 30.1 Å². The smallest absolute Gasteiger partial charge is 0.214 e. The topological polar surface area (TPSA) is 100 Å². The van der Waals surface area contributed by atoms with E-state index in [9.17, 15) is 8.42 Å². The minimum atomic E-state index is -3.33. The van der Waals surface area contributed by atoms with Crippen molar-refractivity contribution in [1.29, 1.82) is 5.41 Å². The maximum atomic E-state index is 12.1. The van der Waals surface area contributed by atoms with E-state index in [4.69, 9.17) is 11.1 Å². The number of sulfonamides is 1. The average molecular weight is 284 g/mol. The molecular formula is C12H20N4O2S. The van der Waals surface area contributed by atoms with Crippen molar-refractivity contribution in [2.24, 2.45) is 11.7 Å². The van der Waals surface area contributed by atoms with Crippen molar-refractivity contribution < 1.29 is 8.42 Å². The van der Waals surface area contributed by atoms with Crippen molar-refractivity contribution in [3.8, 4) is 0 Å². The molecule has 0 aromatic carbocycles. The number of aromatic nitrogens is 1. The Morgan fingerprint density at radius 3 is 2.58 bits per heavy atom. The van der Waals surface area contributed by atoms with Crippen LogP contribution in [0, 0.1) is 11.3 Å². The Bertz CT molecular complexity index is 516. The summed E-state index contributed by atoms with van der Waals surface area (Å²) in [6.45, 7) is 1.96. The number of amidine groups is 1. The van der Waals surface area contributed by atoms with Gasteiger partial charge in [-0.25, -0.2) is 12.7 Å². The van der Waals surface area contributed by atoms with E-state index in [1.54, 1.807) is 31.5 Å². The number of pyridine rings is 1. The first-order valence-electron chi connectivity index (χ1n) is 5.99. The molecule has 0 aliphatic heterocycles. The number of nitrogens with two attached hydrogens (primary N) is 1. The lowest BCUT2D eigenvalue weighted by atomic mass is 10.2. The fourth-order valence-corrected chi connectivity index (χ4v) is 2.81. The van der Waals surface area contributed by atoms with Crippen LogP contribution in [0.2, 0.25) is 0 Å². The van der Waals surface area contributed by atoms with Gasteiger partial charge in [0, 0.05) is 31.9 Å². The Morgan fingerprint density at radius 1 is 1.47 bits per heavy atom.